The minimum atomic E-state index is -4.49. The quantitative estimate of drug-likeness (QED) is 0.0164. The highest BCUT2D eigenvalue weighted by Crippen LogP contribution is 2.43. The number of aryl methyl sites for hydroxylation is 2. The highest BCUT2D eigenvalue weighted by molar-refractivity contribution is 7.47. The van der Waals surface area contributed by atoms with Crippen LogP contribution >= 0.6 is 7.82 Å². The van der Waals surface area contributed by atoms with Gasteiger partial charge in [-0.05, 0) is 63.5 Å². The number of likely N-dealkylation sites (N-methyl/N-ethyl adjacent to an activating group) is 1. The first kappa shape index (κ1) is 56.7. The fourth-order valence-electron chi connectivity index (χ4n) is 7.84. The molecule has 63 heavy (non-hydrogen) atoms. The summed E-state index contributed by atoms with van der Waals surface area (Å²) in [7, 11) is 1.25. The van der Waals surface area contributed by atoms with Crippen molar-refractivity contribution in [1.82, 2.24) is 0 Å². The third kappa shape index (κ3) is 24.6. The van der Waals surface area contributed by atoms with Gasteiger partial charge in [0.25, 0.3) is 0 Å². The summed E-state index contributed by atoms with van der Waals surface area (Å²) in [6.45, 7) is 8.10. The van der Waals surface area contributed by atoms with E-state index in [-0.39, 0.29) is 51.1 Å². The van der Waals surface area contributed by atoms with Crippen LogP contribution in [0, 0.1) is 25.7 Å². The van der Waals surface area contributed by atoms with E-state index < -0.39 is 62.6 Å². The summed E-state index contributed by atoms with van der Waals surface area (Å²) >= 11 is 0. The smallest absolute Gasteiger partial charge is 0.466 e. The van der Waals surface area contributed by atoms with E-state index in [1.54, 1.807) is 12.2 Å². The number of hydrogen-bond donors (Lipinski definition) is 4. The molecule has 0 aromatic carbocycles. The largest absolute Gasteiger partial charge is 0.472 e. The van der Waals surface area contributed by atoms with Crippen LogP contribution in [-0.4, -0.2) is 114 Å². The number of hydrogen-bond acceptors (Lipinski definition) is 12. The summed E-state index contributed by atoms with van der Waals surface area (Å²) < 4.78 is 40.5. The molecule has 0 aliphatic heterocycles. The zero-order valence-corrected chi connectivity index (χ0v) is 40.8. The molecular weight excluding hydrogens is 829 g/mol. The van der Waals surface area contributed by atoms with E-state index in [0.717, 1.165) is 82.1 Å². The Kier molecular flexibility index (Phi) is 27.7. The molecule has 1 aliphatic carbocycles. The molecule has 364 valence electrons. The molecule has 0 radical (unpaired) electrons. The summed E-state index contributed by atoms with van der Waals surface area (Å²) in [6.07, 6.45) is 15.9. The Balaban J connectivity index is 1.78. The van der Waals surface area contributed by atoms with E-state index in [1.807, 2.05) is 21.1 Å². The van der Waals surface area contributed by atoms with Gasteiger partial charge in [0.05, 0.1) is 46.1 Å². The van der Waals surface area contributed by atoms with Crippen molar-refractivity contribution in [3.8, 4) is 0 Å². The lowest BCUT2D eigenvalue weighted by atomic mass is 9.87. The van der Waals surface area contributed by atoms with Crippen LogP contribution in [0.5, 0.6) is 0 Å². The zero-order valence-electron chi connectivity index (χ0n) is 39.9. The molecule has 4 N–H and O–H groups in total. The topological polar surface area (TPSA) is 199 Å². The van der Waals surface area contributed by atoms with Crippen molar-refractivity contribution >= 4 is 25.5 Å². The monoisotopic (exact) mass is 915 g/mol. The summed E-state index contributed by atoms with van der Waals surface area (Å²) in [5.74, 6) is 0.121. The van der Waals surface area contributed by atoms with E-state index in [0.29, 0.717) is 36.7 Å². The second-order valence-electron chi connectivity index (χ2n) is 18.7. The Morgan fingerprint density at radius 3 is 2.00 bits per heavy atom. The summed E-state index contributed by atoms with van der Waals surface area (Å²) in [5, 5.41) is 31.4. The Hall–Kier alpha value is -2.42. The van der Waals surface area contributed by atoms with Gasteiger partial charge >= 0.3 is 19.8 Å². The Bertz CT molecular complexity index is 1540. The lowest BCUT2D eigenvalue weighted by molar-refractivity contribution is -0.870. The standard InChI is InChI=1S/C48H84NO13P/c1-8-10-16-22-38(50)28-29-41-42(44(53)33-43(41)52)32-39(51)23-20-21-26-47(54)58-34-40(35-60-63(56,57)59-31-30-49(5,6)7)61-48(55)27-19-15-13-12-14-18-25-46-37(4)36(3)45(62-46)24-17-11-9-2/h28-29,38,40-44,50,52-53H,8-27,30-35H2,1-7H3/p+1/b29-28+/t38-,40+,41+,42+,43+,44-/m0/s1. The molecule has 2 rings (SSSR count). The maximum atomic E-state index is 12.9. The van der Waals surface area contributed by atoms with Crippen LogP contribution in [0.3, 0.4) is 0 Å². The van der Waals surface area contributed by atoms with E-state index in [9.17, 15) is 39.2 Å². The number of ether oxygens (including phenoxy) is 2. The minimum absolute atomic E-state index is 0.00560. The average Bonchev–Trinajstić information content (AvgIpc) is 3.64. The SMILES string of the molecule is CCCCCc1oc(CCCCCCCCC(=O)O[C@H](COC(=O)CCCCC(=O)C[C@@H]2[C@@H](/C=C/[C@@H](O)CCCCC)[C@H](O)C[C@@H]2O)COP(=O)(O)OCC[N+](C)(C)C)c(C)c1C. The normalized spacial score (nSPS) is 19.9. The molecule has 1 fully saturated rings. The first-order valence-electron chi connectivity index (χ1n) is 23.9. The number of quaternary nitrogens is 1. The molecule has 0 amide bonds. The molecule has 14 nitrogen and oxygen atoms in total. The average molecular weight is 915 g/mol. The van der Waals surface area contributed by atoms with Crippen molar-refractivity contribution in [2.45, 2.75) is 193 Å². The second-order valence-corrected chi connectivity index (χ2v) is 20.1. The van der Waals surface area contributed by atoms with Gasteiger partial charge in [0.2, 0.25) is 0 Å². The number of aliphatic hydroxyl groups is 3. The molecular formula is C48H85NO13P+. The molecule has 1 unspecified atom stereocenters. The Labute approximate surface area is 378 Å². The number of carbonyl (C=O) groups excluding carboxylic acids is 3. The zero-order chi connectivity index (χ0) is 46.8. The number of unbranched alkanes of at least 4 members (excludes halogenated alkanes) is 10. The predicted molar refractivity (Wildman–Crippen MR) is 244 cm³/mol. The predicted octanol–water partition coefficient (Wildman–Crippen LogP) is 8.57. The lowest BCUT2D eigenvalue weighted by Gasteiger charge is -2.24. The maximum absolute atomic E-state index is 12.9. The highest BCUT2D eigenvalue weighted by Gasteiger charge is 2.41. The number of ketones is 1. The maximum Gasteiger partial charge on any atom is 0.472 e. The van der Waals surface area contributed by atoms with Crippen LogP contribution in [0.15, 0.2) is 16.6 Å². The van der Waals surface area contributed by atoms with Gasteiger partial charge in [-0.1, -0.05) is 83.8 Å². The summed E-state index contributed by atoms with van der Waals surface area (Å²) in [4.78, 5) is 48.7. The van der Waals surface area contributed by atoms with Crippen molar-refractivity contribution in [3.63, 3.8) is 0 Å². The van der Waals surface area contributed by atoms with Gasteiger partial charge in [0.1, 0.15) is 37.1 Å². The molecule has 1 saturated carbocycles. The molecule has 1 heterocycles. The number of aliphatic hydroxyl groups excluding tert-OH is 3. The van der Waals surface area contributed by atoms with Crippen molar-refractivity contribution in [2.75, 3.05) is 47.5 Å². The highest BCUT2D eigenvalue weighted by atomic mass is 31.2. The molecule has 1 aromatic heterocycles. The molecule has 0 bridgehead atoms. The van der Waals surface area contributed by atoms with Crippen molar-refractivity contribution < 1.29 is 66.6 Å². The van der Waals surface area contributed by atoms with E-state index in [2.05, 4.69) is 27.7 Å². The van der Waals surface area contributed by atoms with Gasteiger partial charge in [-0.2, -0.15) is 0 Å². The Morgan fingerprint density at radius 1 is 0.778 bits per heavy atom. The van der Waals surface area contributed by atoms with Gasteiger partial charge in [-0.15, -0.1) is 0 Å². The van der Waals surface area contributed by atoms with Crippen molar-refractivity contribution in [1.29, 1.82) is 0 Å². The fourth-order valence-corrected chi connectivity index (χ4v) is 8.58. The molecule has 7 atom stereocenters. The van der Waals surface area contributed by atoms with Crippen LogP contribution in [0.2, 0.25) is 0 Å². The van der Waals surface area contributed by atoms with Crippen molar-refractivity contribution in [3.05, 3.63) is 34.8 Å². The first-order valence-corrected chi connectivity index (χ1v) is 25.4. The van der Waals surface area contributed by atoms with Gasteiger partial charge in [-0.3, -0.25) is 23.4 Å². The molecule has 15 heteroatoms. The Morgan fingerprint density at radius 2 is 1.35 bits per heavy atom. The number of phosphoric acid groups is 1. The van der Waals surface area contributed by atoms with Crippen LogP contribution in [0.25, 0.3) is 0 Å². The van der Waals surface area contributed by atoms with Gasteiger partial charge < -0.3 is 38.6 Å². The van der Waals surface area contributed by atoms with E-state index in [1.165, 1.54) is 24.0 Å². The van der Waals surface area contributed by atoms with Crippen LogP contribution in [-0.2, 0) is 50.3 Å². The molecule has 0 spiro atoms. The minimum Gasteiger partial charge on any atom is -0.466 e. The third-order valence-corrected chi connectivity index (χ3v) is 13.0. The number of esters is 2. The fraction of sp³-hybridized carbons (Fsp3) is 0.812. The van der Waals surface area contributed by atoms with E-state index in [4.69, 9.17) is 22.9 Å². The number of Topliss-reactive ketones (excluding diaryl/α,β-unsaturated/α-hetero) is 1. The van der Waals surface area contributed by atoms with Crippen molar-refractivity contribution in [2.24, 2.45) is 11.8 Å². The van der Waals surface area contributed by atoms with Crippen LogP contribution < -0.4 is 0 Å². The number of phosphoric ester groups is 1. The van der Waals surface area contributed by atoms with Gasteiger partial charge in [0, 0.05) is 56.8 Å². The van der Waals surface area contributed by atoms with Crippen LogP contribution in [0.4, 0.5) is 0 Å². The second kappa shape index (κ2) is 30.7. The lowest BCUT2D eigenvalue weighted by Crippen LogP contribution is -2.37. The van der Waals surface area contributed by atoms with Crippen LogP contribution in [0.1, 0.15) is 165 Å². The summed E-state index contributed by atoms with van der Waals surface area (Å²) in [5.41, 5.74) is 2.55. The van der Waals surface area contributed by atoms with Gasteiger partial charge in [0.15, 0.2) is 6.10 Å². The molecule has 0 saturated heterocycles. The molecule has 1 aromatic rings. The third-order valence-electron chi connectivity index (χ3n) is 12.0. The number of furan rings is 1. The first-order chi connectivity index (χ1) is 29.9. The summed E-state index contributed by atoms with van der Waals surface area (Å²) in [6, 6.07) is 0. The number of rotatable bonds is 36. The van der Waals surface area contributed by atoms with Gasteiger partial charge in [-0.25, -0.2) is 4.57 Å². The number of nitrogens with zero attached hydrogens (tertiary/aromatic N) is 1. The number of carbonyl (C=O) groups is 3. The van der Waals surface area contributed by atoms with E-state index >= 15 is 0 Å². The molecule has 1 aliphatic rings.